The van der Waals surface area contributed by atoms with Crippen molar-refractivity contribution in [3.8, 4) is 0 Å². The van der Waals surface area contributed by atoms with E-state index in [1.54, 1.807) is 30.3 Å². The number of benzene rings is 2. The number of urea groups is 1. The summed E-state index contributed by atoms with van der Waals surface area (Å²) in [5, 5.41) is 5.20. The lowest BCUT2D eigenvalue weighted by atomic mass is 10.2. The normalized spacial score (nSPS) is 15.9. The molecule has 1 atom stereocenters. The van der Waals surface area contributed by atoms with Crippen molar-refractivity contribution in [2.45, 2.75) is 6.17 Å². The van der Waals surface area contributed by atoms with Gasteiger partial charge in [-0.15, -0.1) is 0 Å². The molecule has 152 valence electrons. The Hall–Kier alpha value is -3.46. The standard InChI is InChI=1S/C20H22FN5O3/c21-15-7-4-8-16(13-15)24-20(29)26-12-11-25(18(26)17(27)23-10-9-22)19(28)14-5-2-1-3-6-14/h1-8,13,18H,9-12,22H2,(H,23,27)(H,24,29). The highest BCUT2D eigenvalue weighted by Gasteiger charge is 2.42. The Balaban J connectivity index is 1.82. The Labute approximate surface area is 167 Å². The largest absolute Gasteiger partial charge is 0.351 e. The predicted molar refractivity (Wildman–Crippen MR) is 105 cm³/mol. The maximum Gasteiger partial charge on any atom is 0.323 e. The van der Waals surface area contributed by atoms with Crippen LogP contribution in [0.25, 0.3) is 0 Å². The van der Waals surface area contributed by atoms with E-state index in [-0.39, 0.29) is 37.8 Å². The number of nitrogens with one attached hydrogen (secondary N) is 2. The number of carbonyl (C=O) groups is 3. The maximum atomic E-state index is 13.4. The number of hydrogen-bond donors (Lipinski definition) is 3. The van der Waals surface area contributed by atoms with Crippen LogP contribution in [0.3, 0.4) is 0 Å². The number of halogens is 1. The first-order valence-corrected chi connectivity index (χ1v) is 9.18. The van der Waals surface area contributed by atoms with Crippen LogP contribution in [0.4, 0.5) is 14.9 Å². The molecule has 1 fully saturated rings. The van der Waals surface area contributed by atoms with Crippen molar-refractivity contribution in [3.63, 3.8) is 0 Å². The molecule has 3 rings (SSSR count). The van der Waals surface area contributed by atoms with E-state index >= 15 is 0 Å². The average molecular weight is 399 g/mol. The maximum absolute atomic E-state index is 13.4. The molecule has 2 aromatic rings. The van der Waals surface area contributed by atoms with Gasteiger partial charge in [0.15, 0.2) is 6.17 Å². The van der Waals surface area contributed by atoms with E-state index in [0.29, 0.717) is 5.56 Å². The Morgan fingerprint density at radius 3 is 2.45 bits per heavy atom. The van der Waals surface area contributed by atoms with E-state index in [2.05, 4.69) is 10.6 Å². The highest BCUT2D eigenvalue weighted by Crippen LogP contribution is 2.20. The van der Waals surface area contributed by atoms with E-state index < -0.39 is 23.9 Å². The van der Waals surface area contributed by atoms with Crippen molar-refractivity contribution in [3.05, 3.63) is 66.0 Å². The SMILES string of the molecule is NCCNC(=O)C1N(C(=O)Nc2cccc(F)c2)CCN1C(=O)c1ccccc1. The number of hydrogen-bond acceptors (Lipinski definition) is 4. The van der Waals surface area contributed by atoms with Crippen LogP contribution in [0, 0.1) is 5.82 Å². The van der Waals surface area contributed by atoms with Gasteiger partial charge in [-0.3, -0.25) is 14.5 Å². The van der Waals surface area contributed by atoms with Crippen LogP contribution in [-0.4, -0.2) is 60.0 Å². The summed E-state index contributed by atoms with van der Waals surface area (Å²) < 4.78 is 13.4. The molecule has 29 heavy (non-hydrogen) atoms. The van der Waals surface area contributed by atoms with Crippen molar-refractivity contribution in [2.75, 3.05) is 31.5 Å². The first-order chi connectivity index (χ1) is 14.0. The third-order valence-electron chi connectivity index (χ3n) is 4.47. The van der Waals surface area contributed by atoms with E-state index in [1.165, 1.54) is 34.1 Å². The lowest BCUT2D eigenvalue weighted by Gasteiger charge is -2.29. The summed E-state index contributed by atoms with van der Waals surface area (Å²) in [7, 11) is 0. The minimum atomic E-state index is -1.14. The van der Waals surface area contributed by atoms with Crippen LogP contribution >= 0.6 is 0 Å². The van der Waals surface area contributed by atoms with Gasteiger partial charge < -0.3 is 21.3 Å². The first-order valence-electron chi connectivity index (χ1n) is 9.18. The predicted octanol–water partition coefficient (Wildman–Crippen LogP) is 1.22. The number of rotatable bonds is 5. The van der Waals surface area contributed by atoms with Gasteiger partial charge in [0, 0.05) is 37.4 Å². The first kappa shape index (κ1) is 20.3. The number of nitrogens with two attached hydrogens (primary N) is 1. The molecule has 9 heteroatoms. The minimum Gasteiger partial charge on any atom is -0.351 e. The smallest absolute Gasteiger partial charge is 0.323 e. The van der Waals surface area contributed by atoms with Gasteiger partial charge in [0.05, 0.1) is 0 Å². The van der Waals surface area contributed by atoms with Crippen LogP contribution < -0.4 is 16.4 Å². The summed E-state index contributed by atoms with van der Waals surface area (Å²) in [6.45, 7) is 0.772. The number of anilines is 1. The summed E-state index contributed by atoms with van der Waals surface area (Å²) in [5.41, 5.74) is 6.12. The molecule has 1 saturated heterocycles. The molecule has 8 nitrogen and oxygen atoms in total. The van der Waals surface area contributed by atoms with Gasteiger partial charge in [-0.05, 0) is 30.3 Å². The summed E-state index contributed by atoms with van der Waals surface area (Å²) in [6.07, 6.45) is -1.14. The zero-order valence-corrected chi connectivity index (χ0v) is 15.7. The van der Waals surface area contributed by atoms with Crippen molar-refractivity contribution >= 4 is 23.5 Å². The van der Waals surface area contributed by atoms with Gasteiger partial charge in [0.2, 0.25) is 0 Å². The van der Waals surface area contributed by atoms with E-state index in [4.69, 9.17) is 5.73 Å². The molecule has 0 radical (unpaired) electrons. The average Bonchev–Trinajstić information content (AvgIpc) is 3.17. The molecule has 1 aliphatic heterocycles. The molecular formula is C20H22FN5O3. The third kappa shape index (κ3) is 4.69. The fourth-order valence-electron chi connectivity index (χ4n) is 3.13. The van der Waals surface area contributed by atoms with E-state index in [1.807, 2.05) is 0 Å². The lowest BCUT2D eigenvalue weighted by molar-refractivity contribution is -0.127. The molecule has 0 spiro atoms. The molecule has 0 aromatic heterocycles. The van der Waals surface area contributed by atoms with Crippen LogP contribution in [0.2, 0.25) is 0 Å². The molecule has 0 saturated carbocycles. The molecular weight excluding hydrogens is 377 g/mol. The Morgan fingerprint density at radius 2 is 1.76 bits per heavy atom. The lowest BCUT2D eigenvalue weighted by Crippen LogP contribution is -2.55. The monoisotopic (exact) mass is 399 g/mol. The number of nitrogens with zero attached hydrogens (tertiary/aromatic N) is 2. The van der Waals surface area contributed by atoms with Gasteiger partial charge in [-0.25, -0.2) is 9.18 Å². The molecule has 1 aliphatic rings. The molecule has 4 N–H and O–H groups in total. The molecule has 0 aliphatic carbocycles. The third-order valence-corrected chi connectivity index (χ3v) is 4.47. The van der Waals surface area contributed by atoms with Gasteiger partial charge in [0.1, 0.15) is 5.82 Å². The van der Waals surface area contributed by atoms with E-state index in [0.717, 1.165) is 0 Å². The molecule has 1 unspecified atom stereocenters. The Kier molecular flexibility index (Phi) is 6.40. The molecule has 1 heterocycles. The summed E-state index contributed by atoms with van der Waals surface area (Å²) in [6, 6.07) is 13.3. The van der Waals surface area contributed by atoms with Gasteiger partial charge in [-0.2, -0.15) is 0 Å². The molecule has 0 bridgehead atoms. The van der Waals surface area contributed by atoms with Crippen LogP contribution in [-0.2, 0) is 4.79 Å². The van der Waals surface area contributed by atoms with Crippen molar-refractivity contribution in [1.82, 2.24) is 15.1 Å². The van der Waals surface area contributed by atoms with Crippen LogP contribution in [0.15, 0.2) is 54.6 Å². The molecule has 4 amide bonds. The summed E-state index contributed by atoms with van der Waals surface area (Å²) in [4.78, 5) is 41.0. The second kappa shape index (κ2) is 9.16. The molecule has 2 aromatic carbocycles. The number of carbonyl (C=O) groups excluding carboxylic acids is 3. The fourth-order valence-corrected chi connectivity index (χ4v) is 3.13. The summed E-state index contributed by atoms with van der Waals surface area (Å²) in [5.74, 6) is -1.37. The Morgan fingerprint density at radius 1 is 1.03 bits per heavy atom. The number of amides is 4. The van der Waals surface area contributed by atoms with Crippen LogP contribution in [0.5, 0.6) is 0 Å². The Bertz CT molecular complexity index is 893. The quantitative estimate of drug-likeness (QED) is 0.702. The fraction of sp³-hybridized carbons (Fsp3) is 0.250. The highest BCUT2D eigenvalue weighted by molar-refractivity contribution is 6.00. The van der Waals surface area contributed by atoms with Gasteiger partial charge >= 0.3 is 6.03 Å². The zero-order chi connectivity index (χ0) is 20.8. The van der Waals surface area contributed by atoms with Gasteiger partial charge in [-0.1, -0.05) is 24.3 Å². The zero-order valence-electron chi connectivity index (χ0n) is 15.7. The van der Waals surface area contributed by atoms with Crippen molar-refractivity contribution < 1.29 is 18.8 Å². The second-order valence-corrected chi connectivity index (χ2v) is 6.45. The topological polar surface area (TPSA) is 108 Å². The highest BCUT2D eigenvalue weighted by atomic mass is 19.1. The van der Waals surface area contributed by atoms with Gasteiger partial charge in [0.25, 0.3) is 11.8 Å². The minimum absolute atomic E-state index is 0.153. The van der Waals surface area contributed by atoms with Crippen molar-refractivity contribution in [2.24, 2.45) is 5.73 Å². The van der Waals surface area contributed by atoms with Crippen LogP contribution in [0.1, 0.15) is 10.4 Å². The van der Waals surface area contributed by atoms with E-state index in [9.17, 15) is 18.8 Å². The second-order valence-electron chi connectivity index (χ2n) is 6.45. The van der Waals surface area contributed by atoms with Crippen molar-refractivity contribution in [1.29, 1.82) is 0 Å². The summed E-state index contributed by atoms with van der Waals surface area (Å²) >= 11 is 0.